The number of fused-ring (bicyclic) bond motifs is 1. The van der Waals surface area contributed by atoms with Crippen LogP contribution in [0.15, 0.2) is 41.3 Å². The number of hydrogen-bond donors (Lipinski definition) is 1. The van der Waals surface area contributed by atoms with E-state index in [2.05, 4.69) is 15.3 Å². The number of aryl methyl sites for hydroxylation is 1. The van der Waals surface area contributed by atoms with Crippen LogP contribution in [0.2, 0.25) is 0 Å². The summed E-state index contributed by atoms with van der Waals surface area (Å²) in [5.41, 5.74) is 1.99. The van der Waals surface area contributed by atoms with Gasteiger partial charge in [0.1, 0.15) is 11.5 Å². The second-order valence-electron chi connectivity index (χ2n) is 6.84. The lowest BCUT2D eigenvalue weighted by molar-refractivity contribution is 0.0903. The minimum absolute atomic E-state index is 0.109. The van der Waals surface area contributed by atoms with Crippen molar-refractivity contribution in [3.05, 3.63) is 63.8 Å². The molecule has 0 radical (unpaired) electrons. The first-order valence-corrected chi connectivity index (χ1v) is 9.04. The van der Waals surface area contributed by atoms with Gasteiger partial charge in [-0.2, -0.15) is 4.98 Å². The summed E-state index contributed by atoms with van der Waals surface area (Å²) in [6, 6.07) is 8.29. The molecule has 3 heterocycles. The zero-order valence-corrected chi connectivity index (χ0v) is 15.1. The van der Waals surface area contributed by atoms with Crippen LogP contribution >= 0.6 is 0 Å². The number of pyridine rings is 1. The van der Waals surface area contributed by atoms with Gasteiger partial charge in [-0.25, -0.2) is 9.37 Å². The third kappa shape index (κ3) is 3.83. The van der Waals surface area contributed by atoms with Gasteiger partial charge in [-0.15, -0.1) is 0 Å². The Morgan fingerprint density at radius 2 is 2.00 bits per heavy atom. The van der Waals surface area contributed by atoms with Gasteiger partial charge < -0.3 is 10.1 Å². The van der Waals surface area contributed by atoms with E-state index in [1.54, 1.807) is 29.9 Å². The van der Waals surface area contributed by atoms with E-state index in [1.807, 2.05) is 6.07 Å². The van der Waals surface area contributed by atoms with E-state index in [-0.39, 0.29) is 17.4 Å². The van der Waals surface area contributed by atoms with E-state index in [0.717, 1.165) is 37.0 Å². The lowest BCUT2D eigenvalue weighted by Crippen LogP contribution is -2.29. The molecular formula is C20H21FN4O2. The van der Waals surface area contributed by atoms with Crippen molar-refractivity contribution in [3.8, 4) is 0 Å². The number of aromatic nitrogens is 3. The summed E-state index contributed by atoms with van der Waals surface area (Å²) >= 11 is 0. The van der Waals surface area contributed by atoms with Gasteiger partial charge in [0.15, 0.2) is 0 Å². The van der Waals surface area contributed by atoms with Crippen LogP contribution in [-0.2, 0) is 18.2 Å². The highest BCUT2D eigenvalue weighted by Crippen LogP contribution is 2.17. The first-order valence-electron chi connectivity index (χ1n) is 9.04. The SMILES string of the molecule is Cn1c(=O)c(Cc2ccc(F)cc2)cc2cnc(NC3CCOCC3)nc21. The number of benzene rings is 1. The summed E-state index contributed by atoms with van der Waals surface area (Å²) in [7, 11) is 1.71. The number of nitrogens with one attached hydrogen (secondary N) is 1. The molecule has 1 aliphatic heterocycles. The maximum atomic E-state index is 13.1. The van der Waals surface area contributed by atoms with Crippen molar-refractivity contribution in [1.82, 2.24) is 14.5 Å². The van der Waals surface area contributed by atoms with Gasteiger partial charge in [0.2, 0.25) is 5.95 Å². The highest BCUT2D eigenvalue weighted by atomic mass is 19.1. The monoisotopic (exact) mass is 368 g/mol. The van der Waals surface area contributed by atoms with E-state index >= 15 is 0 Å². The van der Waals surface area contributed by atoms with E-state index in [1.165, 1.54) is 12.1 Å². The molecule has 1 aliphatic rings. The van der Waals surface area contributed by atoms with Crippen molar-refractivity contribution in [1.29, 1.82) is 0 Å². The maximum absolute atomic E-state index is 13.1. The Bertz CT molecular complexity index is 1010. The molecule has 4 rings (SSSR count). The molecule has 140 valence electrons. The quantitative estimate of drug-likeness (QED) is 0.767. The minimum atomic E-state index is -0.289. The van der Waals surface area contributed by atoms with Crippen LogP contribution in [0.3, 0.4) is 0 Å². The fourth-order valence-corrected chi connectivity index (χ4v) is 3.36. The van der Waals surface area contributed by atoms with Gasteiger partial charge in [0, 0.05) is 49.9 Å². The molecule has 27 heavy (non-hydrogen) atoms. The van der Waals surface area contributed by atoms with Gasteiger partial charge in [-0.05, 0) is 36.6 Å². The molecule has 0 bridgehead atoms. The van der Waals surface area contributed by atoms with Crippen molar-refractivity contribution in [2.24, 2.45) is 7.05 Å². The topological polar surface area (TPSA) is 69.0 Å². The predicted molar refractivity (Wildman–Crippen MR) is 101 cm³/mol. The molecule has 0 amide bonds. The molecule has 1 N–H and O–H groups in total. The van der Waals surface area contributed by atoms with Crippen molar-refractivity contribution >= 4 is 17.0 Å². The lowest BCUT2D eigenvalue weighted by atomic mass is 10.1. The first-order chi connectivity index (χ1) is 13.1. The molecule has 0 unspecified atom stereocenters. The molecule has 0 spiro atoms. The van der Waals surface area contributed by atoms with Crippen LogP contribution in [0.25, 0.3) is 11.0 Å². The molecule has 1 fully saturated rings. The number of ether oxygens (including phenoxy) is 1. The average molecular weight is 368 g/mol. The summed E-state index contributed by atoms with van der Waals surface area (Å²) in [6.45, 7) is 1.47. The molecule has 0 saturated carbocycles. The zero-order chi connectivity index (χ0) is 18.8. The van der Waals surface area contributed by atoms with Gasteiger partial charge in [0.25, 0.3) is 5.56 Å². The number of nitrogens with zero attached hydrogens (tertiary/aromatic N) is 3. The smallest absolute Gasteiger partial charge is 0.255 e. The summed E-state index contributed by atoms with van der Waals surface area (Å²) in [4.78, 5) is 21.7. The maximum Gasteiger partial charge on any atom is 0.255 e. The normalized spacial score (nSPS) is 15.2. The summed E-state index contributed by atoms with van der Waals surface area (Å²) in [6.07, 6.45) is 4.00. The van der Waals surface area contributed by atoms with Crippen LogP contribution in [0.4, 0.5) is 10.3 Å². The highest BCUT2D eigenvalue weighted by Gasteiger charge is 2.16. The molecule has 1 saturated heterocycles. The van der Waals surface area contributed by atoms with Crippen LogP contribution in [-0.4, -0.2) is 33.8 Å². The second-order valence-corrected chi connectivity index (χ2v) is 6.84. The predicted octanol–water partition coefficient (Wildman–Crippen LogP) is 2.65. The Hall–Kier alpha value is -2.80. The number of anilines is 1. The third-order valence-electron chi connectivity index (χ3n) is 4.89. The Balaban J connectivity index is 1.64. The fraction of sp³-hybridized carbons (Fsp3) is 0.350. The standard InChI is InChI=1S/C20H21FN4O2/c1-25-18-15(12-22-20(24-18)23-17-6-8-27-9-7-17)11-14(19(25)26)10-13-2-4-16(21)5-3-13/h2-5,11-12,17H,6-10H2,1H3,(H,22,23,24). The summed E-state index contributed by atoms with van der Waals surface area (Å²) in [5.74, 6) is 0.235. The fourth-order valence-electron chi connectivity index (χ4n) is 3.36. The molecule has 7 heteroatoms. The summed E-state index contributed by atoms with van der Waals surface area (Å²) in [5, 5.41) is 4.12. The third-order valence-corrected chi connectivity index (χ3v) is 4.89. The Labute approximate surface area is 156 Å². The molecule has 0 atom stereocenters. The Morgan fingerprint density at radius 3 is 2.74 bits per heavy atom. The largest absolute Gasteiger partial charge is 0.381 e. The van der Waals surface area contributed by atoms with Crippen LogP contribution < -0.4 is 10.9 Å². The van der Waals surface area contributed by atoms with Gasteiger partial charge in [-0.3, -0.25) is 9.36 Å². The summed E-state index contributed by atoms with van der Waals surface area (Å²) < 4.78 is 20.0. The van der Waals surface area contributed by atoms with Crippen molar-refractivity contribution < 1.29 is 9.13 Å². The van der Waals surface area contributed by atoms with Gasteiger partial charge >= 0.3 is 0 Å². The number of hydrogen-bond acceptors (Lipinski definition) is 5. The van der Waals surface area contributed by atoms with Crippen molar-refractivity contribution in [2.75, 3.05) is 18.5 Å². The zero-order valence-electron chi connectivity index (χ0n) is 15.1. The molecule has 1 aromatic carbocycles. The van der Waals surface area contributed by atoms with Gasteiger partial charge in [0.05, 0.1) is 0 Å². The van der Waals surface area contributed by atoms with Crippen molar-refractivity contribution in [2.45, 2.75) is 25.3 Å². The Morgan fingerprint density at radius 1 is 1.26 bits per heavy atom. The van der Waals surface area contributed by atoms with Crippen LogP contribution in [0.5, 0.6) is 0 Å². The van der Waals surface area contributed by atoms with E-state index in [9.17, 15) is 9.18 Å². The molecular weight excluding hydrogens is 347 g/mol. The Kier molecular flexibility index (Phi) is 4.85. The van der Waals surface area contributed by atoms with E-state index in [4.69, 9.17) is 4.74 Å². The van der Waals surface area contributed by atoms with Gasteiger partial charge in [-0.1, -0.05) is 12.1 Å². The molecule has 6 nitrogen and oxygen atoms in total. The van der Waals surface area contributed by atoms with E-state index in [0.29, 0.717) is 23.6 Å². The van der Waals surface area contributed by atoms with E-state index < -0.39 is 0 Å². The van der Waals surface area contributed by atoms with Crippen LogP contribution in [0, 0.1) is 5.82 Å². The second kappa shape index (κ2) is 7.44. The van der Waals surface area contributed by atoms with Crippen molar-refractivity contribution in [3.63, 3.8) is 0 Å². The van der Waals surface area contributed by atoms with Crippen LogP contribution in [0.1, 0.15) is 24.0 Å². The lowest BCUT2D eigenvalue weighted by Gasteiger charge is -2.23. The molecule has 2 aromatic heterocycles. The number of halogens is 1. The highest BCUT2D eigenvalue weighted by molar-refractivity contribution is 5.76. The first kappa shape index (κ1) is 17.6. The molecule has 3 aromatic rings. The minimum Gasteiger partial charge on any atom is -0.381 e. The average Bonchev–Trinajstić information content (AvgIpc) is 2.69. The number of rotatable bonds is 4. The molecule has 0 aliphatic carbocycles.